The van der Waals surface area contributed by atoms with Gasteiger partial charge in [-0.15, -0.1) is 0 Å². The van der Waals surface area contributed by atoms with Crippen molar-refractivity contribution in [1.82, 2.24) is 0 Å². The number of benzene rings is 2. The van der Waals surface area contributed by atoms with Gasteiger partial charge in [-0.1, -0.05) is 17.7 Å². The third-order valence-electron chi connectivity index (χ3n) is 2.50. The quantitative estimate of drug-likeness (QED) is 0.630. The summed E-state index contributed by atoms with van der Waals surface area (Å²) in [4.78, 5) is 10.1. The van der Waals surface area contributed by atoms with Gasteiger partial charge in [-0.3, -0.25) is 10.1 Å². The Kier molecular flexibility index (Phi) is 4.14. The molecular formula is C13H8ClF2NO3. The van der Waals surface area contributed by atoms with E-state index in [1.807, 2.05) is 0 Å². The summed E-state index contributed by atoms with van der Waals surface area (Å²) in [5.41, 5.74) is 0.162. The number of halogens is 3. The summed E-state index contributed by atoms with van der Waals surface area (Å²) < 4.78 is 31.3. The Morgan fingerprint density at radius 3 is 2.60 bits per heavy atom. The first-order chi connectivity index (χ1) is 9.47. The van der Waals surface area contributed by atoms with Crippen LogP contribution in [0.2, 0.25) is 5.02 Å². The molecule has 0 unspecified atom stereocenters. The molecule has 2 aromatic carbocycles. The molecule has 0 aliphatic carbocycles. The van der Waals surface area contributed by atoms with Crippen LogP contribution in [-0.2, 0) is 6.61 Å². The van der Waals surface area contributed by atoms with Crippen LogP contribution in [0.15, 0.2) is 36.4 Å². The summed E-state index contributed by atoms with van der Waals surface area (Å²) in [6, 6.07) is 6.82. The fourth-order valence-corrected chi connectivity index (χ4v) is 1.75. The second kappa shape index (κ2) is 5.83. The molecule has 0 heterocycles. The molecule has 2 rings (SSSR count). The molecule has 0 saturated heterocycles. The van der Waals surface area contributed by atoms with E-state index in [4.69, 9.17) is 16.3 Å². The average molecular weight is 300 g/mol. The number of nitrogens with zero attached hydrogens (tertiary/aromatic N) is 1. The Morgan fingerprint density at radius 1 is 1.20 bits per heavy atom. The molecule has 0 fully saturated rings. The Bertz CT molecular complexity index is 664. The summed E-state index contributed by atoms with van der Waals surface area (Å²) in [6.07, 6.45) is 0. The van der Waals surface area contributed by atoms with E-state index in [9.17, 15) is 18.9 Å². The lowest BCUT2D eigenvalue weighted by Crippen LogP contribution is -2.00. The molecule has 104 valence electrons. The van der Waals surface area contributed by atoms with Crippen LogP contribution in [0.5, 0.6) is 5.75 Å². The van der Waals surface area contributed by atoms with E-state index in [2.05, 4.69) is 0 Å². The third-order valence-corrected chi connectivity index (χ3v) is 2.79. The maximum absolute atomic E-state index is 13.1. The molecule has 0 radical (unpaired) electrons. The zero-order valence-corrected chi connectivity index (χ0v) is 10.7. The molecule has 0 atom stereocenters. The van der Waals surface area contributed by atoms with Crippen molar-refractivity contribution in [3.8, 4) is 5.75 Å². The molecule has 0 amide bonds. The Balaban J connectivity index is 2.20. The van der Waals surface area contributed by atoms with Crippen LogP contribution in [0.4, 0.5) is 14.5 Å². The Labute approximate surface area is 117 Å². The number of hydrogen-bond donors (Lipinski definition) is 0. The molecule has 0 saturated carbocycles. The Morgan fingerprint density at radius 2 is 1.95 bits per heavy atom. The molecule has 0 aromatic heterocycles. The van der Waals surface area contributed by atoms with Crippen molar-refractivity contribution in [2.45, 2.75) is 6.61 Å². The van der Waals surface area contributed by atoms with E-state index in [1.165, 1.54) is 12.1 Å². The lowest BCUT2D eigenvalue weighted by molar-refractivity contribution is -0.386. The molecule has 2 aromatic rings. The maximum Gasteiger partial charge on any atom is 0.311 e. The van der Waals surface area contributed by atoms with Crippen LogP contribution in [-0.4, -0.2) is 4.92 Å². The molecule has 0 bridgehead atoms. The van der Waals surface area contributed by atoms with Gasteiger partial charge in [0.2, 0.25) is 0 Å². The molecule has 0 aliphatic heterocycles. The molecule has 0 N–H and O–H groups in total. The monoisotopic (exact) mass is 299 g/mol. The van der Waals surface area contributed by atoms with Gasteiger partial charge in [-0.25, -0.2) is 8.78 Å². The first-order valence-corrected chi connectivity index (χ1v) is 5.86. The van der Waals surface area contributed by atoms with E-state index in [0.717, 1.165) is 24.3 Å². The molecular weight excluding hydrogens is 292 g/mol. The second-order valence-electron chi connectivity index (χ2n) is 3.91. The molecule has 20 heavy (non-hydrogen) atoms. The summed E-state index contributed by atoms with van der Waals surface area (Å²) in [5.74, 6) is -1.43. The van der Waals surface area contributed by atoms with Gasteiger partial charge in [0.05, 0.1) is 9.95 Å². The van der Waals surface area contributed by atoms with Gasteiger partial charge in [-0.05, 0) is 23.8 Å². The van der Waals surface area contributed by atoms with Crippen LogP contribution in [0, 0.1) is 21.7 Å². The number of nitro groups is 1. The van der Waals surface area contributed by atoms with E-state index < -0.39 is 16.6 Å². The minimum atomic E-state index is -0.674. The minimum Gasteiger partial charge on any atom is -0.482 e. The molecule has 4 nitrogen and oxygen atoms in total. The summed E-state index contributed by atoms with van der Waals surface area (Å²) >= 11 is 5.60. The van der Waals surface area contributed by atoms with Crippen molar-refractivity contribution in [3.05, 3.63) is 68.7 Å². The summed E-state index contributed by atoms with van der Waals surface area (Å²) in [7, 11) is 0. The second-order valence-corrected chi connectivity index (χ2v) is 4.31. The van der Waals surface area contributed by atoms with Crippen molar-refractivity contribution in [2.24, 2.45) is 0 Å². The predicted molar refractivity (Wildman–Crippen MR) is 68.8 cm³/mol. The highest BCUT2D eigenvalue weighted by Gasteiger charge is 2.16. The van der Waals surface area contributed by atoms with E-state index >= 15 is 0 Å². The first-order valence-electron chi connectivity index (χ1n) is 5.48. The highest BCUT2D eigenvalue weighted by Crippen LogP contribution is 2.28. The third kappa shape index (κ3) is 3.21. The van der Waals surface area contributed by atoms with Crippen LogP contribution >= 0.6 is 11.6 Å². The van der Waals surface area contributed by atoms with Crippen molar-refractivity contribution in [1.29, 1.82) is 0 Å². The minimum absolute atomic E-state index is 0.0835. The molecule has 0 spiro atoms. The van der Waals surface area contributed by atoms with Crippen LogP contribution < -0.4 is 4.74 Å². The normalized spacial score (nSPS) is 10.3. The van der Waals surface area contributed by atoms with Gasteiger partial charge < -0.3 is 4.74 Å². The summed E-state index contributed by atoms with van der Waals surface area (Å²) in [5, 5.41) is 10.7. The zero-order valence-electron chi connectivity index (χ0n) is 9.98. The topological polar surface area (TPSA) is 52.4 Å². The van der Waals surface area contributed by atoms with Crippen LogP contribution in [0.1, 0.15) is 5.56 Å². The molecule has 7 heteroatoms. The van der Waals surface area contributed by atoms with Gasteiger partial charge >= 0.3 is 5.69 Å². The van der Waals surface area contributed by atoms with Crippen molar-refractivity contribution in [3.63, 3.8) is 0 Å². The standard InChI is InChI=1S/C13H8ClF2NO3/c14-10-5-8(1-3-11(10)16)7-20-13-6-9(15)2-4-12(13)17(18)19/h1-6H,7H2. The highest BCUT2D eigenvalue weighted by molar-refractivity contribution is 6.30. The van der Waals surface area contributed by atoms with E-state index in [0.29, 0.717) is 5.56 Å². The van der Waals surface area contributed by atoms with E-state index in [1.54, 1.807) is 0 Å². The van der Waals surface area contributed by atoms with Crippen LogP contribution in [0.25, 0.3) is 0 Å². The smallest absolute Gasteiger partial charge is 0.311 e. The average Bonchev–Trinajstić information content (AvgIpc) is 2.40. The SMILES string of the molecule is O=[N+]([O-])c1ccc(F)cc1OCc1ccc(F)c(Cl)c1. The lowest BCUT2D eigenvalue weighted by atomic mass is 10.2. The molecule has 0 aliphatic rings. The predicted octanol–water partition coefficient (Wildman–Crippen LogP) is 4.11. The van der Waals surface area contributed by atoms with E-state index in [-0.39, 0.29) is 23.1 Å². The number of nitro benzene ring substituents is 1. The first kappa shape index (κ1) is 14.2. The maximum atomic E-state index is 13.1. The Hall–Kier alpha value is -2.21. The fraction of sp³-hybridized carbons (Fsp3) is 0.0769. The van der Waals surface area contributed by atoms with Crippen molar-refractivity contribution >= 4 is 17.3 Å². The van der Waals surface area contributed by atoms with Gasteiger partial charge in [-0.2, -0.15) is 0 Å². The van der Waals surface area contributed by atoms with Gasteiger partial charge in [0.1, 0.15) is 18.2 Å². The van der Waals surface area contributed by atoms with Crippen molar-refractivity contribution < 1.29 is 18.4 Å². The number of ether oxygens (including phenoxy) is 1. The van der Waals surface area contributed by atoms with Crippen molar-refractivity contribution in [2.75, 3.05) is 0 Å². The fourth-order valence-electron chi connectivity index (χ4n) is 1.54. The highest BCUT2D eigenvalue weighted by atomic mass is 35.5. The zero-order chi connectivity index (χ0) is 14.7. The number of hydrogen-bond acceptors (Lipinski definition) is 3. The van der Waals surface area contributed by atoms with Gasteiger partial charge in [0.15, 0.2) is 5.75 Å². The van der Waals surface area contributed by atoms with Gasteiger partial charge in [0, 0.05) is 12.1 Å². The van der Waals surface area contributed by atoms with Crippen LogP contribution in [0.3, 0.4) is 0 Å². The number of rotatable bonds is 4. The largest absolute Gasteiger partial charge is 0.482 e. The lowest BCUT2D eigenvalue weighted by Gasteiger charge is -2.07. The van der Waals surface area contributed by atoms with Gasteiger partial charge in [0.25, 0.3) is 0 Å². The summed E-state index contributed by atoms with van der Waals surface area (Å²) in [6.45, 7) is -0.0930.